The minimum Gasteiger partial charge on any atom is -0.321 e. The minimum absolute atomic E-state index is 0.200. The Morgan fingerprint density at radius 2 is 1.50 bits per heavy atom. The molecule has 0 aromatic rings. The maximum Gasteiger partial charge on any atom is 0.198 e. The van der Waals surface area contributed by atoms with Crippen LogP contribution in [0.2, 0.25) is 0 Å². The molecule has 0 aliphatic rings. The lowest BCUT2D eigenvalue weighted by Gasteiger charge is -2.13. The van der Waals surface area contributed by atoms with E-state index >= 15 is 0 Å². The third kappa shape index (κ3) is 9.34. The molecule has 1 radical (unpaired) electrons. The molecule has 3 nitrogen and oxygen atoms in total. The summed E-state index contributed by atoms with van der Waals surface area (Å²) in [6.45, 7) is 3.97. The van der Waals surface area contributed by atoms with Gasteiger partial charge in [-0.1, -0.05) is 46.0 Å². The number of Topliss-reactive ketones (excluding diaryl/α,β-unsaturated/α-hetero) is 1. The SMILES string of the molecule is CC(C)[C@H](N)C(=O)CCCCCCCCC[C]=O. The smallest absolute Gasteiger partial charge is 0.198 e. The van der Waals surface area contributed by atoms with Gasteiger partial charge in [-0.15, -0.1) is 0 Å². The van der Waals surface area contributed by atoms with Crippen molar-refractivity contribution in [3.05, 3.63) is 0 Å². The second-order valence-electron chi connectivity index (χ2n) is 5.36. The average Bonchev–Trinajstić information content (AvgIpc) is 2.35. The summed E-state index contributed by atoms with van der Waals surface area (Å²) in [5, 5.41) is 0. The van der Waals surface area contributed by atoms with Crippen LogP contribution < -0.4 is 5.73 Å². The van der Waals surface area contributed by atoms with Crippen molar-refractivity contribution in [2.75, 3.05) is 0 Å². The highest BCUT2D eigenvalue weighted by molar-refractivity contribution is 5.83. The van der Waals surface area contributed by atoms with Crippen molar-refractivity contribution in [3.8, 4) is 0 Å². The van der Waals surface area contributed by atoms with E-state index in [1.54, 1.807) is 0 Å². The van der Waals surface area contributed by atoms with Gasteiger partial charge in [0.1, 0.15) is 5.78 Å². The fraction of sp³-hybridized carbons (Fsp3) is 0.867. The molecule has 0 heterocycles. The lowest BCUT2D eigenvalue weighted by molar-refractivity contribution is -0.121. The van der Waals surface area contributed by atoms with Gasteiger partial charge < -0.3 is 5.73 Å². The van der Waals surface area contributed by atoms with Gasteiger partial charge in [-0.25, -0.2) is 0 Å². The first-order valence-electron chi connectivity index (χ1n) is 7.23. The number of nitrogens with two attached hydrogens (primary N) is 1. The molecule has 0 aromatic heterocycles. The predicted octanol–water partition coefficient (Wildman–Crippen LogP) is 3.16. The first-order chi connectivity index (χ1) is 8.59. The maximum atomic E-state index is 11.6. The van der Waals surface area contributed by atoms with Gasteiger partial charge in [-0.2, -0.15) is 0 Å². The molecular formula is C15H28NO2. The number of carbonyl (C=O) groups excluding carboxylic acids is 2. The van der Waals surface area contributed by atoms with Crippen molar-refractivity contribution < 1.29 is 9.59 Å². The summed E-state index contributed by atoms with van der Waals surface area (Å²) >= 11 is 0. The van der Waals surface area contributed by atoms with Gasteiger partial charge in [0.15, 0.2) is 6.29 Å². The molecule has 0 aromatic carbocycles. The number of ketones is 1. The standard InChI is InChI=1S/C15H28NO2/c1-13(2)15(16)14(18)11-9-7-5-3-4-6-8-10-12-17/h13,15H,3-11,16H2,1-2H3/t15-/m0/s1. The Labute approximate surface area is 112 Å². The van der Waals surface area contributed by atoms with Gasteiger partial charge in [0, 0.05) is 12.8 Å². The summed E-state index contributed by atoms with van der Waals surface area (Å²) < 4.78 is 0. The zero-order valence-electron chi connectivity index (χ0n) is 11.9. The summed E-state index contributed by atoms with van der Waals surface area (Å²) in [7, 11) is 0. The van der Waals surface area contributed by atoms with Crippen molar-refractivity contribution in [1.82, 2.24) is 0 Å². The van der Waals surface area contributed by atoms with E-state index in [1.165, 1.54) is 19.3 Å². The molecular weight excluding hydrogens is 226 g/mol. The van der Waals surface area contributed by atoms with Crippen molar-refractivity contribution in [2.45, 2.75) is 77.7 Å². The van der Waals surface area contributed by atoms with Crippen molar-refractivity contribution >= 4 is 12.1 Å². The van der Waals surface area contributed by atoms with Crippen LogP contribution in [-0.2, 0) is 9.59 Å². The second kappa shape index (κ2) is 11.4. The van der Waals surface area contributed by atoms with Crippen LogP contribution in [0.3, 0.4) is 0 Å². The lowest BCUT2D eigenvalue weighted by atomic mass is 9.97. The van der Waals surface area contributed by atoms with Crippen molar-refractivity contribution in [2.24, 2.45) is 11.7 Å². The lowest BCUT2D eigenvalue weighted by Crippen LogP contribution is -2.35. The van der Waals surface area contributed by atoms with Gasteiger partial charge in [0.25, 0.3) is 0 Å². The van der Waals surface area contributed by atoms with Gasteiger partial charge in [0.05, 0.1) is 6.04 Å². The quantitative estimate of drug-likeness (QED) is 0.544. The van der Waals surface area contributed by atoms with Crippen LogP contribution in [0.4, 0.5) is 0 Å². The Morgan fingerprint density at radius 1 is 1.00 bits per heavy atom. The Hall–Kier alpha value is -0.700. The Kier molecular flexibility index (Phi) is 11.0. The van der Waals surface area contributed by atoms with Gasteiger partial charge >= 0.3 is 0 Å². The molecule has 0 saturated heterocycles. The normalized spacial score (nSPS) is 12.7. The zero-order valence-corrected chi connectivity index (χ0v) is 11.9. The Bertz CT molecular complexity index is 227. The third-order valence-electron chi connectivity index (χ3n) is 3.29. The molecule has 18 heavy (non-hydrogen) atoms. The van der Waals surface area contributed by atoms with E-state index in [0.29, 0.717) is 12.8 Å². The topological polar surface area (TPSA) is 60.2 Å². The van der Waals surface area contributed by atoms with Gasteiger partial charge in [0.2, 0.25) is 0 Å². The highest BCUT2D eigenvalue weighted by atomic mass is 16.1. The van der Waals surface area contributed by atoms with E-state index in [4.69, 9.17) is 5.73 Å². The molecule has 1 atom stereocenters. The monoisotopic (exact) mass is 254 g/mol. The molecule has 0 unspecified atom stereocenters. The number of rotatable bonds is 12. The number of carbonyl (C=O) groups is 1. The summed E-state index contributed by atoms with van der Waals surface area (Å²) in [5.74, 6) is 0.443. The summed E-state index contributed by atoms with van der Waals surface area (Å²) in [6.07, 6.45) is 10.8. The molecule has 0 rings (SSSR count). The highest BCUT2D eigenvalue weighted by Crippen LogP contribution is 2.11. The first kappa shape index (κ1) is 17.3. The molecule has 0 aliphatic heterocycles. The van der Waals surface area contributed by atoms with Crippen LogP contribution in [0.1, 0.15) is 71.6 Å². The van der Waals surface area contributed by atoms with E-state index in [9.17, 15) is 9.59 Å². The van der Waals surface area contributed by atoms with Crippen LogP contribution >= 0.6 is 0 Å². The van der Waals surface area contributed by atoms with E-state index in [-0.39, 0.29) is 17.7 Å². The molecule has 0 amide bonds. The van der Waals surface area contributed by atoms with E-state index in [0.717, 1.165) is 25.7 Å². The molecule has 0 bridgehead atoms. The fourth-order valence-corrected chi connectivity index (χ4v) is 1.92. The van der Waals surface area contributed by atoms with E-state index in [2.05, 4.69) is 0 Å². The summed E-state index contributed by atoms with van der Waals surface area (Å²) in [5.41, 5.74) is 5.79. The van der Waals surface area contributed by atoms with E-state index in [1.807, 2.05) is 20.1 Å². The molecule has 105 valence electrons. The first-order valence-corrected chi connectivity index (χ1v) is 7.23. The minimum atomic E-state index is -0.287. The molecule has 0 fully saturated rings. The molecule has 0 spiro atoms. The van der Waals surface area contributed by atoms with Gasteiger partial charge in [-0.05, 0) is 18.8 Å². The third-order valence-corrected chi connectivity index (χ3v) is 3.29. The van der Waals surface area contributed by atoms with Crippen LogP contribution in [0.25, 0.3) is 0 Å². The van der Waals surface area contributed by atoms with Gasteiger partial charge in [-0.3, -0.25) is 9.59 Å². The zero-order chi connectivity index (χ0) is 13.8. The van der Waals surface area contributed by atoms with Crippen molar-refractivity contribution in [3.63, 3.8) is 0 Å². The number of hydrogen-bond donors (Lipinski definition) is 1. The maximum absolute atomic E-state index is 11.6. The summed E-state index contributed by atoms with van der Waals surface area (Å²) in [6, 6.07) is -0.287. The largest absolute Gasteiger partial charge is 0.321 e. The average molecular weight is 254 g/mol. The van der Waals surface area contributed by atoms with Crippen molar-refractivity contribution in [1.29, 1.82) is 0 Å². The summed E-state index contributed by atoms with van der Waals surface area (Å²) in [4.78, 5) is 21.6. The molecule has 0 aliphatic carbocycles. The van der Waals surface area contributed by atoms with Crippen LogP contribution in [0, 0.1) is 5.92 Å². The predicted molar refractivity (Wildman–Crippen MR) is 75.1 cm³/mol. The Morgan fingerprint density at radius 3 is 2.00 bits per heavy atom. The molecule has 0 saturated carbocycles. The second-order valence-corrected chi connectivity index (χ2v) is 5.36. The number of hydrogen-bond acceptors (Lipinski definition) is 3. The highest BCUT2D eigenvalue weighted by Gasteiger charge is 2.15. The molecule has 2 N–H and O–H groups in total. The fourth-order valence-electron chi connectivity index (χ4n) is 1.92. The Balaban J connectivity index is 3.30. The van der Waals surface area contributed by atoms with Crippen LogP contribution in [0.5, 0.6) is 0 Å². The number of unbranched alkanes of at least 4 members (excludes halogenated alkanes) is 7. The van der Waals surface area contributed by atoms with Crippen LogP contribution in [-0.4, -0.2) is 18.1 Å². The van der Waals surface area contributed by atoms with E-state index < -0.39 is 0 Å². The van der Waals surface area contributed by atoms with Crippen LogP contribution in [0.15, 0.2) is 0 Å². The molecule has 3 heteroatoms.